The lowest BCUT2D eigenvalue weighted by Crippen LogP contribution is -2.30. The van der Waals surface area contributed by atoms with E-state index in [1.54, 1.807) is 28.2 Å². The van der Waals surface area contributed by atoms with Gasteiger partial charge in [-0.1, -0.05) is 37.6 Å². The number of pyridine rings is 1. The predicted octanol–water partition coefficient (Wildman–Crippen LogP) is 4.42. The van der Waals surface area contributed by atoms with Crippen molar-refractivity contribution in [2.75, 3.05) is 6.54 Å². The Balaban J connectivity index is 1.86. The highest BCUT2D eigenvalue weighted by atomic mass is 32.2. The zero-order valence-electron chi connectivity index (χ0n) is 14.8. The second kappa shape index (κ2) is 7.48. The maximum absolute atomic E-state index is 13.0. The minimum absolute atomic E-state index is 0.128. The van der Waals surface area contributed by atoms with Crippen molar-refractivity contribution >= 4 is 21.8 Å². The first kappa shape index (κ1) is 18.4. The van der Waals surface area contributed by atoms with Crippen LogP contribution in [0, 0.1) is 6.92 Å². The van der Waals surface area contributed by atoms with Crippen molar-refractivity contribution in [3.63, 3.8) is 0 Å². The van der Waals surface area contributed by atoms with E-state index in [9.17, 15) is 8.42 Å². The summed E-state index contributed by atoms with van der Waals surface area (Å²) in [6.07, 6.45) is 3.54. The lowest BCUT2D eigenvalue weighted by molar-refractivity contribution is 0.396. The molecule has 1 atom stereocenters. The molecule has 0 saturated carbocycles. The number of aryl methyl sites for hydroxylation is 1. The zero-order valence-corrected chi connectivity index (χ0v) is 16.5. The first-order chi connectivity index (χ1) is 11.9. The van der Waals surface area contributed by atoms with E-state index in [4.69, 9.17) is 0 Å². The summed E-state index contributed by atoms with van der Waals surface area (Å²) in [5, 5.41) is 1.45. The van der Waals surface area contributed by atoms with E-state index in [0.717, 1.165) is 29.0 Å². The van der Waals surface area contributed by atoms with Crippen LogP contribution in [-0.4, -0.2) is 29.5 Å². The Bertz CT molecular complexity index is 816. The molecular weight excluding hydrogens is 352 g/mol. The highest BCUT2D eigenvalue weighted by Gasteiger charge is 2.36. The average molecular weight is 377 g/mol. The van der Waals surface area contributed by atoms with Gasteiger partial charge in [-0.3, -0.25) is 0 Å². The van der Waals surface area contributed by atoms with Crippen molar-refractivity contribution in [2.24, 2.45) is 0 Å². The van der Waals surface area contributed by atoms with Crippen LogP contribution in [0.2, 0.25) is 0 Å². The largest absolute Gasteiger partial charge is 0.250 e. The molecule has 1 aliphatic rings. The molecule has 0 spiro atoms. The molecule has 1 aromatic carbocycles. The maximum Gasteiger partial charge on any atom is 0.243 e. The minimum Gasteiger partial charge on any atom is -0.250 e. The lowest BCUT2D eigenvalue weighted by Gasteiger charge is -2.24. The zero-order chi connectivity index (χ0) is 18.0. The van der Waals surface area contributed by atoms with E-state index in [0.29, 0.717) is 16.7 Å². The van der Waals surface area contributed by atoms with Gasteiger partial charge in [0.05, 0.1) is 16.0 Å². The fourth-order valence-electron chi connectivity index (χ4n) is 3.11. The van der Waals surface area contributed by atoms with E-state index in [-0.39, 0.29) is 6.04 Å². The smallest absolute Gasteiger partial charge is 0.243 e. The lowest BCUT2D eigenvalue weighted by atomic mass is 10.1. The van der Waals surface area contributed by atoms with Crippen LogP contribution in [-0.2, 0) is 10.0 Å². The summed E-state index contributed by atoms with van der Waals surface area (Å²) in [6, 6.07) is 11.0. The first-order valence-electron chi connectivity index (χ1n) is 8.59. The normalized spacial score (nSPS) is 18.8. The molecule has 1 unspecified atom stereocenters. The summed E-state index contributed by atoms with van der Waals surface area (Å²) >= 11 is 1.71. The van der Waals surface area contributed by atoms with Crippen molar-refractivity contribution in [3.05, 3.63) is 53.7 Å². The van der Waals surface area contributed by atoms with Crippen LogP contribution in [0.4, 0.5) is 0 Å². The molecule has 25 heavy (non-hydrogen) atoms. The van der Waals surface area contributed by atoms with Crippen LogP contribution in [0.25, 0.3) is 0 Å². The van der Waals surface area contributed by atoms with Gasteiger partial charge in [0, 0.05) is 18.0 Å². The van der Waals surface area contributed by atoms with Crippen LogP contribution < -0.4 is 0 Å². The van der Waals surface area contributed by atoms with E-state index in [1.807, 2.05) is 37.4 Å². The molecule has 0 amide bonds. The number of rotatable bonds is 5. The molecule has 1 aromatic heterocycles. The van der Waals surface area contributed by atoms with E-state index < -0.39 is 10.0 Å². The van der Waals surface area contributed by atoms with Gasteiger partial charge in [0.2, 0.25) is 10.0 Å². The molecule has 1 saturated heterocycles. The Hall–Kier alpha value is -1.37. The molecule has 0 radical (unpaired) electrons. The average Bonchev–Trinajstić information content (AvgIpc) is 3.06. The van der Waals surface area contributed by atoms with Gasteiger partial charge in [0.15, 0.2) is 0 Å². The summed E-state index contributed by atoms with van der Waals surface area (Å²) in [6.45, 7) is 6.78. The number of sulfonamides is 1. The molecule has 134 valence electrons. The molecule has 0 aliphatic carbocycles. The third-order valence-electron chi connectivity index (χ3n) is 4.33. The fraction of sp³-hybridized carbons (Fsp3) is 0.421. The van der Waals surface area contributed by atoms with Crippen LogP contribution >= 0.6 is 11.8 Å². The summed E-state index contributed by atoms with van der Waals surface area (Å²) in [4.78, 5) is 4.87. The molecule has 0 bridgehead atoms. The van der Waals surface area contributed by atoms with Crippen LogP contribution in [0.3, 0.4) is 0 Å². The molecule has 4 nitrogen and oxygen atoms in total. The van der Waals surface area contributed by atoms with Gasteiger partial charge in [-0.25, -0.2) is 13.4 Å². The summed E-state index contributed by atoms with van der Waals surface area (Å²) in [5.74, 6) is 0. The fourth-order valence-corrected chi connectivity index (χ4v) is 5.53. The van der Waals surface area contributed by atoms with Crippen LogP contribution in [0.1, 0.15) is 43.9 Å². The quantitative estimate of drug-likeness (QED) is 0.725. The van der Waals surface area contributed by atoms with Gasteiger partial charge in [-0.15, -0.1) is 11.8 Å². The highest BCUT2D eigenvalue weighted by Crippen LogP contribution is 2.36. The molecule has 3 rings (SSSR count). The van der Waals surface area contributed by atoms with Gasteiger partial charge in [-0.05, 0) is 43.5 Å². The second-order valence-corrected chi connectivity index (χ2v) is 10.2. The number of thioether (sulfide) groups is 1. The molecule has 0 N–H and O–H groups in total. The van der Waals surface area contributed by atoms with E-state index in [1.165, 1.54) is 0 Å². The molecule has 1 fully saturated rings. The number of nitrogens with zero attached hydrogens (tertiary/aromatic N) is 2. The summed E-state index contributed by atoms with van der Waals surface area (Å²) in [7, 11) is -3.48. The van der Waals surface area contributed by atoms with Crippen molar-refractivity contribution in [1.82, 2.24) is 9.29 Å². The monoisotopic (exact) mass is 376 g/mol. The number of aromatic nitrogens is 1. The Kier molecular flexibility index (Phi) is 5.51. The molecule has 2 heterocycles. The number of hydrogen-bond acceptors (Lipinski definition) is 4. The third kappa shape index (κ3) is 4.07. The minimum atomic E-state index is -3.48. The van der Waals surface area contributed by atoms with Crippen molar-refractivity contribution in [2.45, 2.75) is 54.8 Å². The van der Waals surface area contributed by atoms with Crippen LogP contribution in [0.5, 0.6) is 0 Å². The topological polar surface area (TPSA) is 50.3 Å². The maximum atomic E-state index is 13.0. The van der Waals surface area contributed by atoms with Crippen LogP contribution in [0.15, 0.2) is 52.5 Å². The second-order valence-electron chi connectivity index (χ2n) is 6.68. The van der Waals surface area contributed by atoms with Crippen molar-refractivity contribution < 1.29 is 8.42 Å². The van der Waals surface area contributed by atoms with Gasteiger partial charge in [-0.2, -0.15) is 4.31 Å². The number of hydrogen-bond donors (Lipinski definition) is 0. The predicted molar refractivity (Wildman–Crippen MR) is 102 cm³/mol. The first-order valence-corrected chi connectivity index (χ1v) is 10.9. The number of benzene rings is 1. The Labute approximate surface area is 154 Å². The van der Waals surface area contributed by atoms with Gasteiger partial charge < -0.3 is 0 Å². The summed E-state index contributed by atoms with van der Waals surface area (Å²) in [5.41, 5.74) is 2.03. The molecule has 2 aromatic rings. The van der Waals surface area contributed by atoms with Crippen molar-refractivity contribution in [3.8, 4) is 0 Å². The summed E-state index contributed by atoms with van der Waals surface area (Å²) < 4.78 is 27.7. The van der Waals surface area contributed by atoms with Gasteiger partial charge >= 0.3 is 0 Å². The highest BCUT2D eigenvalue weighted by molar-refractivity contribution is 7.99. The Morgan fingerprint density at radius 3 is 2.48 bits per heavy atom. The Morgan fingerprint density at radius 1 is 1.16 bits per heavy atom. The van der Waals surface area contributed by atoms with E-state index in [2.05, 4.69) is 18.8 Å². The molecule has 6 heteroatoms. The third-order valence-corrected chi connectivity index (χ3v) is 7.21. The van der Waals surface area contributed by atoms with Crippen molar-refractivity contribution in [1.29, 1.82) is 0 Å². The molecular formula is C19H24N2O2S2. The molecule has 1 aliphatic heterocycles. The van der Waals surface area contributed by atoms with Gasteiger partial charge in [0.25, 0.3) is 0 Å². The van der Waals surface area contributed by atoms with Gasteiger partial charge in [0.1, 0.15) is 0 Å². The Morgan fingerprint density at radius 2 is 1.88 bits per heavy atom. The SMILES string of the molecule is Cc1ccc(S(=O)(=O)N2CCCC2c2ccc(SC(C)C)nc2)cc1. The standard InChI is InChI=1S/C19H24N2O2S2/c1-14(2)24-19-11-8-16(13-20-19)18-5-4-12-21(18)25(22,23)17-9-6-15(3)7-10-17/h6-11,13-14,18H,4-5,12H2,1-3H3. The van der Waals surface area contributed by atoms with E-state index >= 15 is 0 Å².